The van der Waals surface area contributed by atoms with Crippen LogP contribution in [0.3, 0.4) is 0 Å². The average molecular weight is 433 g/mol. The molecule has 1 amide bonds. The minimum atomic E-state index is -0.541. The van der Waals surface area contributed by atoms with Crippen LogP contribution in [-0.2, 0) is 4.74 Å². The zero-order valence-corrected chi connectivity index (χ0v) is 17.0. The van der Waals surface area contributed by atoms with Gasteiger partial charge in [0, 0.05) is 22.9 Å². The van der Waals surface area contributed by atoms with E-state index in [4.69, 9.17) is 4.74 Å². The van der Waals surface area contributed by atoms with Gasteiger partial charge in [0.15, 0.2) is 0 Å². The molecule has 1 atom stereocenters. The Bertz CT molecular complexity index is 1100. The summed E-state index contributed by atoms with van der Waals surface area (Å²) < 4.78 is 8.15. The summed E-state index contributed by atoms with van der Waals surface area (Å²) in [5.41, 5.74) is 1.61. The van der Waals surface area contributed by atoms with Gasteiger partial charge < -0.3 is 14.6 Å². The van der Waals surface area contributed by atoms with E-state index in [2.05, 4.69) is 25.9 Å². The van der Waals surface area contributed by atoms with Gasteiger partial charge in [-0.3, -0.25) is 9.55 Å². The molecule has 3 aromatic rings. The van der Waals surface area contributed by atoms with Gasteiger partial charge in [0.05, 0.1) is 28.8 Å². The van der Waals surface area contributed by atoms with Crippen LogP contribution in [-0.4, -0.2) is 44.2 Å². The topological polar surface area (TPSA) is 80.2 Å². The number of carbonyl (C=O) groups is 1. The SMILES string of the molecule is CC(C)(C)OC(=O)N1CC[C@@H](n2c(=O)[nH]c3cnc4ccc(Br)cc4c32)C1. The highest BCUT2D eigenvalue weighted by Crippen LogP contribution is 2.30. The molecule has 1 fully saturated rings. The van der Waals surface area contributed by atoms with Crippen molar-refractivity contribution in [3.05, 3.63) is 39.4 Å². The molecule has 0 aliphatic carbocycles. The van der Waals surface area contributed by atoms with Crippen molar-refractivity contribution in [2.45, 2.75) is 38.8 Å². The lowest BCUT2D eigenvalue weighted by Crippen LogP contribution is -2.36. The van der Waals surface area contributed by atoms with Crippen LogP contribution in [0.5, 0.6) is 0 Å². The fourth-order valence-corrected chi connectivity index (χ4v) is 3.93. The number of H-pyrrole nitrogens is 1. The first-order valence-corrected chi connectivity index (χ1v) is 9.68. The number of nitrogens with zero attached hydrogens (tertiary/aromatic N) is 3. The number of rotatable bonds is 1. The number of imidazole rings is 1. The van der Waals surface area contributed by atoms with Crippen molar-refractivity contribution >= 4 is 44.0 Å². The highest BCUT2D eigenvalue weighted by atomic mass is 79.9. The molecule has 142 valence electrons. The van der Waals surface area contributed by atoms with Crippen LogP contribution in [0.15, 0.2) is 33.7 Å². The lowest BCUT2D eigenvalue weighted by atomic mass is 10.1. The van der Waals surface area contributed by atoms with E-state index < -0.39 is 5.60 Å². The second-order valence-electron chi connectivity index (χ2n) is 7.85. The van der Waals surface area contributed by atoms with Crippen LogP contribution in [0.2, 0.25) is 0 Å². The van der Waals surface area contributed by atoms with E-state index in [1.54, 1.807) is 15.7 Å². The number of hydrogen-bond donors (Lipinski definition) is 1. The summed E-state index contributed by atoms with van der Waals surface area (Å²) >= 11 is 3.49. The Morgan fingerprint density at radius 3 is 2.89 bits per heavy atom. The molecule has 0 spiro atoms. The predicted octanol–water partition coefficient (Wildman–Crippen LogP) is 3.82. The maximum absolute atomic E-state index is 12.7. The molecule has 1 saturated heterocycles. The number of aromatic nitrogens is 3. The van der Waals surface area contributed by atoms with Gasteiger partial charge in [-0.25, -0.2) is 9.59 Å². The number of carbonyl (C=O) groups excluding carboxylic acids is 1. The maximum Gasteiger partial charge on any atom is 0.410 e. The monoisotopic (exact) mass is 432 g/mol. The van der Waals surface area contributed by atoms with E-state index in [0.29, 0.717) is 25.0 Å². The quantitative estimate of drug-likeness (QED) is 0.633. The van der Waals surface area contributed by atoms with Crippen LogP contribution in [0.1, 0.15) is 33.2 Å². The number of benzene rings is 1. The third-order valence-electron chi connectivity index (χ3n) is 4.68. The molecule has 0 saturated carbocycles. The number of nitrogens with one attached hydrogen (secondary N) is 1. The number of ether oxygens (including phenoxy) is 1. The van der Waals surface area contributed by atoms with Crippen molar-refractivity contribution in [1.29, 1.82) is 0 Å². The molecule has 1 aliphatic rings. The van der Waals surface area contributed by atoms with Gasteiger partial charge >= 0.3 is 11.8 Å². The highest BCUT2D eigenvalue weighted by Gasteiger charge is 2.32. The summed E-state index contributed by atoms with van der Waals surface area (Å²) in [5, 5.41) is 0.899. The Morgan fingerprint density at radius 1 is 1.37 bits per heavy atom. The van der Waals surface area contributed by atoms with Crippen molar-refractivity contribution in [1.82, 2.24) is 19.4 Å². The minimum absolute atomic E-state index is 0.108. The van der Waals surface area contributed by atoms with Crippen LogP contribution < -0.4 is 5.69 Å². The summed E-state index contributed by atoms with van der Waals surface area (Å²) in [6.07, 6.45) is 2.04. The first-order chi connectivity index (χ1) is 12.7. The number of pyridine rings is 1. The third-order valence-corrected chi connectivity index (χ3v) is 5.18. The second kappa shape index (κ2) is 6.37. The average Bonchev–Trinajstić information content (AvgIpc) is 3.16. The van der Waals surface area contributed by atoms with E-state index in [1.807, 2.05) is 39.0 Å². The van der Waals surface area contributed by atoms with Crippen molar-refractivity contribution in [2.24, 2.45) is 0 Å². The predicted molar refractivity (Wildman–Crippen MR) is 107 cm³/mol. The molecule has 27 heavy (non-hydrogen) atoms. The van der Waals surface area contributed by atoms with Gasteiger partial charge in [0.1, 0.15) is 5.60 Å². The number of fused-ring (bicyclic) bond motifs is 3. The summed E-state index contributed by atoms with van der Waals surface area (Å²) in [6.45, 7) is 6.55. The smallest absolute Gasteiger partial charge is 0.410 e. The molecule has 2 aromatic heterocycles. The Kier molecular flexibility index (Phi) is 4.25. The van der Waals surface area contributed by atoms with Gasteiger partial charge in [-0.15, -0.1) is 0 Å². The van der Waals surface area contributed by atoms with E-state index >= 15 is 0 Å². The zero-order chi connectivity index (χ0) is 19.3. The lowest BCUT2D eigenvalue weighted by molar-refractivity contribution is 0.0289. The molecule has 3 heterocycles. The lowest BCUT2D eigenvalue weighted by Gasteiger charge is -2.24. The molecule has 0 radical (unpaired) electrons. The molecule has 4 rings (SSSR count). The van der Waals surface area contributed by atoms with Gasteiger partial charge in [-0.2, -0.15) is 0 Å². The molecular weight excluding hydrogens is 412 g/mol. The van der Waals surface area contributed by atoms with Gasteiger partial charge in [0.25, 0.3) is 0 Å². The molecule has 1 aliphatic heterocycles. The maximum atomic E-state index is 12.7. The largest absolute Gasteiger partial charge is 0.444 e. The number of halogens is 1. The Morgan fingerprint density at radius 2 is 2.15 bits per heavy atom. The Hall–Kier alpha value is -2.35. The zero-order valence-electron chi connectivity index (χ0n) is 15.5. The molecule has 1 aromatic carbocycles. The molecule has 7 nitrogen and oxygen atoms in total. The number of amides is 1. The third kappa shape index (κ3) is 3.34. The van der Waals surface area contributed by atoms with Crippen LogP contribution in [0.4, 0.5) is 4.79 Å². The summed E-state index contributed by atoms with van der Waals surface area (Å²) in [5.74, 6) is 0. The van der Waals surface area contributed by atoms with Crippen molar-refractivity contribution < 1.29 is 9.53 Å². The standard InChI is InChI=1S/C19H21BrN4O3/c1-19(2,3)27-18(26)23-7-6-12(10-23)24-16-13-8-11(20)4-5-14(13)21-9-15(16)22-17(24)25/h4-5,8-9,12H,6-7,10H2,1-3H3,(H,22,25)/t12-/m1/s1. The Balaban J connectivity index is 1.74. The molecule has 0 bridgehead atoms. The second-order valence-corrected chi connectivity index (χ2v) is 8.77. The van der Waals surface area contributed by atoms with E-state index in [1.165, 1.54) is 0 Å². The van der Waals surface area contributed by atoms with Crippen LogP contribution >= 0.6 is 15.9 Å². The Labute approximate surface area is 164 Å². The molecule has 0 unspecified atom stereocenters. The van der Waals surface area contributed by atoms with E-state index in [-0.39, 0.29) is 17.8 Å². The summed E-state index contributed by atoms with van der Waals surface area (Å²) in [6, 6.07) is 5.70. The normalized spacial score (nSPS) is 17.8. The molecular formula is C19H21BrN4O3. The van der Waals surface area contributed by atoms with Gasteiger partial charge in [0.2, 0.25) is 0 Å². The fourth-order valence-electron chi connectivity index (χ4n) is 3.57. The van der Waals surface area contributed by atoms with Crippen molar-refractivity contribution in [3.8, 4) is 0 Å². The molecule has 8 heteroatoms. The first kappa shape index (κ1) is 18.0. The molecule has 1 N–H and O–H groups in total. The van der Waals surface area contributed by atoms with E-state index in [9.17, 15) is 9.59 Å². The van der Waals surface area contributed by atoms with Crippen LogP contribution in [0.25, 0.3) is 21.9 Å². The number of aromatic amines is 1. The van der Waals surface area contributed by atoms with Crippen molar-refractivity contribution in [2.75, 3.05) is 13.1 Å². The van der Waals surface area contributed by atoms with Crippen LogP contribution in [0, 0.1) is 0 Å². The minimum Gasteiger partial charge on any atom is -0.444 e. The van der Waals surface area contributed by atoms with Gasteiger partial charge in [-0.1, -0.05) is 15.9 Å². The fraction of sp³-hybridized carbons (Fsp3) is 0.421. The van der Waals surface area contributed by atoms with Gasteiger partial charge in [-0.05, 0) is 45.4 Å². The number of likely N-dealkylation sites (tertiary alicyclic amines) is 1. The number of hydrogen-bond acceptors (Lipinski definition) is 4. The summed E-state index contributed by atoms with van der Waals surface area (Å²) in [7, 11) is 0. The highest BCUT2D eigenvalue weighted by molar-refractivity contribution is 9.10. The van der Waals surface area contributed by atoms with E-state index in [0.717, 1.165) is 20.9 Å². The van der Waals surface area contributed by atoms with Crippen molar-refractivity contribution in [3.63, 3.8) is 0 Å². The first-order valence-electron chi connectivity index (χ1n) is 8.89. The summed E-state index contributed by atoms with van der Waals surface area (Å²) in [4.78, 5) is 34.1.